The first-order chi connectivity index (χ1) is 16.5. The highest BCUT2D eigenvalue weighted by molar-refractivity contribution is 5.83. The summed E-state index contributed by atoms with van der Waals surface area (Å²) in [6.45, 7) is 1.07. The van der Waals surface area contributed by atoms with E-state index in [1.165, 1.54) is 0 Å². The molecule has 0 amide bonds. The number of benzene rings is 2. The van der Waals surface area contributed by atoms with Crippen molar-refractivity contribution in [3.8, 4) is 22.6 Å². The predicted octanol–water partition coefficient (Wildman–Crippen LogP) is 4.77. The summed E-state index contributed by atoms with van der Waals surface area (Å²) in [5.41, 5.74) is 1.37. The molecule has 1 heterocycles. The minimum absolute atomic E-state index is 0.0467. The molecule has 1 saturated heterocycles. The van der Waals surface area contributed by atoms with Crippen molar-refractivity contribution in [2.75, 3.05) is 25.6 Å². The molecule has 2 aromatic carbocycles. The standard InChI is InChI=1S/C26H30FNO6/c1-31-20-13-22(24(27)23(14-20)34-19-5-6-19)21-7-2-17(12-16(21)15-33-18-3-4-18)28-26(25(29)30)8-10-32-11-9-26/h2,7,12-14,18-19,28H,3-6,8-11,15H2,1H3,(H,29,30). The van der Waals surface area contributed by atoms with Gasteiger partial charge in [-0.1, -0.05) is 6.07 Å². The van der Waals surface area contributed by atoms with E-state index >= 15 is 4.39 Å². The van der Waals surface area contributed by atoms with Gasteiger partial charge >= 0.3 is 5.97 Å². The quantitative estimate of drug-likeness (QED) is 0.516. The van der Waals surface area contributed by atoms with Gasteiger partial charge in [0.1, 0.15) is 11.3 Å². The molecule has 1 aliphatic heterocycles. The highest BCUT2D eigenvalue weighted by Gasteiger charge is 2.40. The van der Waals surface area contributed by atoms with Crippen LogP contribution in [0.2, 0.25) is 0 Å². The molecule has 34 heavy (non-hydrogen) atoms. The number of hydrogen-bond donors (Lipinski definition) is 2. The molecule has 0 aromatic heterocycles. The summed E-state index contributed by atoms with van der Waals surface area (Å²) in [6.07, 6.45) is 4.87. The maximum absolute atomic E-state index is 15.6. The van der Waals surface area contributed by atoms with Crippen LogP contribution in [-0.4, -0.2) is 49.1 Å². The zero-order chi connectivity index (χ0) is 23.7. The maximum Gasteiger partial charge on any atom is 0.329 e. The van der Waals surface area contributed by atoms with Crippen molar-refractivity contribution >= 4 is 11.7 Å². The number of aliphatic carboxylic acids is 1. The summed E-state index contributed by atoms with van der Waals surface area (Å²) < 4.78 is 38.1. The Morgan fingerprint density at radius 1 is 1.12 bits per heavy atom. The van der Waals surface area contributed by atoms with E-state index in [9.17, 15) is 9.90 Å². The van der Waals surface area contributed by atoms with E-state index in [1.807, 2.05) is 12.1 Å². The number of methoxy groups -OCH3 is 1. The van der Waals surface area contributed by atoms with E-state index < -0.39 is 17.3 Å². The minimum atomic E-state index is -1.10. The molecule has 0 unspecified atom stereocenters. The van der Waals surface area contributed by atoms with Crippen LogP contribution in [0.1, 0.15) is 44.1 Å². The van der Waals surface area contributed by atoms with Crippen LogP contribution in [0.25, 0.3) is 11.1 Å². The molecule has 2 saturated carbocycles. The molecule has 2 N–H and O–H groups in total. The van der Waals surface area contributed by atoms with Gasteiger partial charge in [-0.3, -0.25) is 0 Å². The van der Waals surface area contributed by atoms with E-state index in [0.717, 1.165) is 31.2 Å². The fourth-order valence-corrected chi connectivity index (χ4v) is 4.22. The van der Waals surface area contributed by atoms with E-state index in [1.54, 1.807) is 25.3 Å². The van der Waals surface area contributed by atoms with E-state index in [2.05, 4.69) is 5.32 Å². The van der Waals surface area contributed by atoms with Gasteiger partial charge in [-0.2, -0.15) is 0 Å². The van der Waals surface area contributed by atoms with Crippen molar-refractivity contribution in [3.05, 3.63) is 41.7 Å². The Kier molecular flexibility index (Phi) is 6.36. The van der Waals surface area contributed by atoms with Gasteiger partial charge in [0.2, 0.25) is 0 Å². The van der Waals surface area contributed by atoms with Gasteiger partial charge in [0, 0.05) is 43.4 Å². The highest BCUT2D eigenvalue weighted by atomic mass is 19.1. The second kappa shape index (κ2) is 9.43. The average Bonchev–Trinajstić information content (AvgIpc) is 3.76. The number of halogens is 1. The van der Waals surface area contributed by atoms with Crippen LogP contribution < -0.4 is 14.8 Å². The normalized spacial score (nSPS) is 19.5. The first-order valence-electron chi connectivity index (χ1n) is 11.9. The molecule has 2 aliphatic carbocycles. The minimum Gasteiger partial charge on any atom is -0.497 e. The monoisotopic (exact) mass is 471 g/mol. The fourth-order valence-electron chi connectivity index (χ4n) is 4.22. The first-order valence-corrected chi connectivity index (χ1v) is 11.9. The molecule has 0 bridgehead atoms. The van der Waals surface area contributed by atoms with Crippen molar-refractivity contribution in [2.45, 2.75) is 62.9 Å². The number of hydrogen-bond acceptors (Lipinski definition) is 6. The lowest BCUT2D eigenvalue weighted by Gasteiger charge is -2.35. The van der Waals surface area contributed by atoms with Crippen LogP contribution in [-0.2, 0) is 20.9 Å². The van der Waals surface area contributed by atoms with Crippen molar-refractivity contribution in [2.24, 2.45) is 0 Å². The van der Waals surface area contributed by atoms with Gasteiger partial charge < -0.3 is 29.4 Å². The second-order valence-electron chi connectivity index (χ2n) is 9.31. The molecule has 8 heteroatoms. The van der Waals surface area contributed by atoms with E-state index in [0.29, 0.717) is 55.2 Å². The summed E-state index contributed by atoms with van der Waals surface area (Å²) in [6, 6.07) is 8.70. The molecule has 5 rings (SSSR count). The Hall–Kier alpha value is -2.84. The van der Waals surface area contributed by atoms with Crippen LogP contribution in [0.3, 0.4) is 0 Å². The smallest absolute Gasteiger partial charge is 0.329 e. The Labute approximate surface area is 198 Å². The third-order valence-electron chi connectivity index (χ3n) is 6.60. The van der Waals surface area contributed by atoms with Crippen LogP contribution in [0.15, 0.2) is 30.3 Å². The molecular formula is C26H30FNO6. The zero-order valence-corrected chi connectivity index (χ0v) is 19.3. The first kappa shape index (κ1) is 22.9. The van der Waals surface area contributed by atoms with Crippen molar-refractivity contribution in [3.63, 3.8) is 0 Å². The van der Waals surface area contributed by atoms with Gasteiger partial charge in [0.25, 0.3) is 0 Å². The number of carbonyl (C=O) groups is 1. The molecule has 3 fully saturated rings. The number of ether oxygens (including phenoxy) is 4. The van der Waals surface area contributed by atoms with Crippen LogP contribution in [0.5, 0.6) is 11.5 Å². The molecule has 7 nitrogen and oxygen atoms in total. The Balaban J connectivity index is 1.51. The lowest BCUT2D eigenvalue weighted by Crippen LogP contribution is -2.50. The predicted molar refractivity (Wildman–Crippen MR) is 124 cm³/mol. The Morgan fingerprint density at radius 3 is 2.50 bits per heavy atom. The summed E-state index contributed by atoms with van der Waals surface area (Å²) >= 11 is 0. The number of carboxylic acids is 1. The third kappa shape index (κ3) is 4.98. The molecule has 2 aromatic rings. The average molecular weight is 472 g/mol. The number of nitrogens with one attached hydrogen (secondary N) is 1. The number of rotatable bonds is 10. The van der Waals surface area contributed by atoms with Crippen molar-refractivity contribution in [1.29, 1.82) is 0 Å². The topological polar surface area (TPSA) is 86.3 Å². The molecule has 0 spiro atoms. The van der Waals surface area contributed by atoms with Gasteiger partial charge in [0.15, 0.2) is 11.6 Å². The third-order valence-corrected chi connectivity index (χ3v) is 6.60. The maximum atomic E-state index is 15.6. The van der Waals surface area contributed by atoms with Crippen LogP contribution >= 0.6 is 0 Å². The van der Waals surface area contributed by atoms with Crippen LogP contribution in [0, 0.1) is 5.82 Å². The summed E-state index contributed by atoms with van der Waals surface area (Å²) in [4.78, 5) is 12.1. The summed E-state index contributed by atoms with van der Waals surface area (Å²) in [5.74, 6) is -0.653. The molecular weight excluding hydrogens is 441 g/mol. The zero-order valence-electron chi connectivity index (χ0n) is 19.3. The summed E-state index contributed by atoms with van der Waals surface area (Å²) in [5, 5.41) is 13.1. The molecule has 0 atom stereocenters. The Morgan fingerprint density at radius 2 is 1.85 bits per heavy atom. The van der Waals surface area contributed by atoms with Gasteiger partial charge in [-0.05, 0) is 55.0 Å². The van der Waals surface area contributed by atoms with Crippen molar-refractivity contribution in [1.82, 2.24) is 0 Å². The van der Waals surface area contributed by atoms with E-state index in [-0.39, 0.29) is 18.0 Å². The SMILES string of the molecule is COc1cc(OC2CC2)c(F)c(-c2ccc(NC3(C(=O)O)CCOCC3)cc2COC2CC2)c1. The number of anilines is 1. The Bertz CT molecular complexity index is 1060. The molecule has 3 aliphatic rings. The molecule has 182 valence electrons. The second-order valence-corrected chi connectivity index (χ2v) is 9.31. The van der Waals surface area contributed by atoms with E-state index in [4.69, 9.17) is 18.9 Å². The highest BCUT2D eigenvalue weighted by Crippen LogP contribution is 2.40. The summed E-state index contributed by atoms with van der Waals surface area (Å²) in [7, 11) is 1.54. The van der Waals surface area contributed by atoms with Gasteiger partial charge in [-0.15, -0.1) is 0 Å². The van der Waals surface area contributed by atoms with Gasteiger partial charge in [-0.25, -0.2) is 9.18 Å². The largest absolute Gasteiger partial charge is 0.497 e. The van der Waals surface area contributed by atoms with Crippen LogP contribution in [0.4, 0.5) is 10.1 Å². The number of carboxylic acid groups (broad SMARTS) is 1. The molecule has 0 radical (unpaired) electrons. The fraction of sp³-hybridized carbons (Fsp3) is 0.500. The lowest BCUT2D eigenvalue weighted by atomic mass is 9.89. The van der Waals surface area contributed by atoms with Crippen molar-refractivity contribution < 1.29 is 33.2 Å². The van der Waals surface area contributed by atoms with Gasteiger partial charge in [0.05, 0.1) is 25.9 Å². The lowest BCUT2D eigenvalue weighted by molar-refractivity contribution is -0.145.